The van der Waals surface area contributed by atoms with E-state index in [4.69, 9.17) is 0 Å². The van der Waals surface area contributed by atoms with Crippen molar-refractivity contribution in [2.45, 2.75) is 25.8 Å². The Bertz CT molecular complexity index is 626. The number of piperazine rings is 1. The SMILES string of the molecule is CC#CC(=O)N1CCC[C@H](N2CCN(c3ccc(F)cc3)CC2)C1. The fraction of sp³-hybridized carbons (Fsp3) is 0.526. The van der Waals surface area contributed by atoms with Crippen molar-refractivity contribution in [3.63, 3.8) is 0 Å². The van der Waals surface area contributed by atoms with Gasteiger partial charge in [-0.15, -0.1) is 0 Å². The van der Waals surface area contributed by atoms with Crippen molar-refractivity contribution in [2.24, 2.45) is 0 Å². The van der Waals surface area contributed by atoms with Gasteiger partial charge < -0.3 is 9.80 Å². The van der Waals surface area contributed by atoms with Crippen LogP contribution in [0.2, 0.25) is 0 Å². The lowest BCUT2D eigenvalue weighted by molar-refractivity contribution is -0.127. The van der Waals surface area contributed by atoms with Crippen molar-refractivity contribution in [3.05, 3.63) is 30.1 Å². The number of rotatable bonds is 2. The zero-order chi connectivity index (χ0) is 16.9. The van der Waals surface area contributed by atoms with E-state index in [0.29, 0.717) is 6.04 Å². The van der Waals surface area contributed by atoms with Crippen LogP contribution < -0.4 is 4.90 Å². The first-order valence-corrected chi connectivity index (χ1v) is 8.63. The molecule has 1 aromatic rings. The molecule has 2 fully saturated rings. The normalized spacial score (nSPS) is 22.0. The number of nitrogens with zero attached hydrogens (tertiary/aromatic N) is 3. The number of carbonyl (C=O) groups excluding carboxylic acids is 1. The highest BCUT2D eigenvalue weighted by atomic mass is 19.1. The minimum absolute atomic E-state index is 0.0489. The monoisotopic (exact) mass is 329 g/mol. The van der Waals surface area contributed by atoms with Gasteiger partial charge in [-0.05, 0) is 50.0 Å². The summed E-state index contributed by atoms with van der Waals surface area (Å²) in [5, 5.41) is 0. The minimum Gasteiger partial charge on any atom is -0.369 e. The molecule has 4 nitrogen and oxygen atoms in total. The lowest BCUT2D eigenvalue weighted by Gasteiger charge is -2.43. The molecule has 2 aliphatic heterocycles. The summed E-state index contributed by atoms with van der Waals surface area (Å²) in [5.74, 6) is 5.11. The van der Waals surface area contributed by atoms with Gasteiger partial charge in [-0.3, -0.25) is 9.69 Å². The second kappa shape index (κ2) is 7.67. The lowest BCUT2D eigenvalue weighted by atomic mass is 10.0. The molecule has 1 atom stereocenters. The van der Waals surface area contributed by atoms with Crippen LogP contribution in [0, 0.1) is 17.7 Å². The van der Waals surface area contributed by atoms with E-state index in [9.17, 15) is 9.18 Å². The van der Waals surface area contributed by atoms with Crippen LogP contribution in [-0.4, -0.2) is 61.0 Å². The van der Waals surface area contributed by atoms with Gasteiger partial charge in [0.15, 0.2) is 0 Å². The van der Waals surface area contributed by atoms with Gasteiger partial charge in [0.1, 0.15) is 5.82 Å². The van der Waals surface area contributed by atoms with Crippen molar-refractivity contribution in [1.29, 1.82) is 0 Å². The lowest BCUT2D eigenvalue weighted by Crippen LogP contribution is -2.55. The number of hydrogen-bond donors (Lipinski definition) is 0. The van der Waals surface area contributed by atoms with E-state index in [1.54, 1.807) is 6.92 Å². The molecule has 0 bridgehead atoms. The van der Waals surface area contributed by atoms with Gasteiger partial charge in [-0.25, -0.2) is 4.39 Å². The smallest absolute Gasteiger partial charge is 0.298 e. The maximum atomic E-state index is 13.0. The highest BCUT2D eigenvalue weighted by Crippen LogP contribution is 2.21. The quantitative estimate of drug-likeness (QED) is 0.776. The van der Waals surface area contributed by atoms with Crippen LogP contribution in [0.5, 0.6) is 0 Å². The molecular weight excluding hydrogens is 305 g/mol. The van der Waals surface area contributed by atoms with Crippen LogP contribution in [0.15, 0.2) is 24.3 Å². The Hall–Kier alpha value is -2.06. The van der Waals surface area contributed by atoms with Gasteiger partial charge in [0.25, 0.3) is 5.91 Å². The zero-order valence-corrected chi connectivity index (χ0v) is 14.2. The number of halogens is 1. The molecule has 0 aromatic heterocycles. The number of hydrogen-bond acceptors (Lipinski definition) is 3. The Labute approximate surface area is 143 Å². The van der Waals surface area contributed by atoms with E-state index in [0.717, 1.165) is 57.8 Å². The molecule has 5 heteroatoms. The van der Waals surface area contributed by atoms with Crippen molar-refractivity contribution in [3.8, 4) is 11.8 Å². The Morgan fingerprint density at radius 1 is 1.12 bits per heavy atom. The maximum absolute atomic E-state index is 13.0. The molecule has 2 aliphatic rings. The van der Waals surface area contributed by atoms with Crippen molar-refractivity contribution in [1.82, 2.24) is 9.80 Å². The summed E-state index contributed by atoms with van der Waals surface area (Å²) in [4.78, 5) is 18.7. The van der Waals surface area contributed by atoms with E-state index >= 15 is 0 Å². The second-order valence-corrected chi connectivity index (χ2v) is 6.42. The molecule has 0 aliphatic carbocycles. The number of benzene rings is 1. The average molecular weight is 329 g/mol. The van der Waals surface area contributed by atoms with Gasteiger partial charge in [0.2, 0.25) is 0 Å². The molecule has 0 saturated carbocycles. The summed E-state index contributed by atoms with van der Waals surface area (Å²) in [6.45, 7) is 7.13. The van der Waals surface area contributed by atoms with Gasteiger partial charge in [-0.2, -0.15) is 0 Å². The summed E-state index contributed by atoms with van der Waals surface area (Å²) in [5.41, 5.74) is 1.08. The summed E-state index contributed by atoms with van der Waals surface area (Å²) in [7, 11) is 0. The topological polar surface area (TPSA) is 26.8 Å². The molecule has 1 aromatic carbocycles. The Morgan fingerprint density at radius 2 is 1.83 bits per heavy atom. The number of likely N-dealkylation sites (tertiary alicyclic amines) is 1. The van der Waals surface area contributed by atoms with Crippen molar-refractivity contribution in [2.75, 3.05) is 44.2 Å². The van der Waals surface area contributed by atoms with Crippen molar-refractivity contribution < 1.29 is 9.18 Å². The Balaban J connectivity index is 1.55. The Morgan fingerprint density at radius 3 is 2.50 bits per heavy atom. The predicted molar refractivity (Wildman–Crippen MR) is 93.2 cm³/mol. The molecule has 1 amide bonds. The van der Waals surface area contributed by atoms with E-state index in [1.807, 2.05) is 17.0 Å². The third-order valence-electron chi connectivity index (χ3n) is 4.94. The van der Waals surface area contributed by atoms with Crippen LogP contribution in [0.4, 0.5) is 10.1 Å². The third-order valence-corrected chi connectivity index (χ3v) is 4.94. The molecular formula is C19H24FN3O. The third kappa shape index (κ3) is 3.88. The van der Waals surface area contributed by atoms with Crippen LogP contribution in [0.25, 0.3) is 0 Å². The largest absolute Gasteiger partial charge is 0.369 e. The van der Waals surface area contributed by atoms with Gasteiger partial charge in [0.05, 0.1) is 0 Å². The molecule has 3 rings (SSSR count). The summed E-state index contributed by atoms with van der Waals surface area (Å²) >= 11 is 0. The number of piperidine rings is 1. The number of carbonyl (C=O) groups is 1. The van der Waals surface area contributed by atoms with Gasteiger partial charge >= 0.3 is 0 Å². The number of anilines is 1. The highest BCUT2D eigenvalue weighted by molar-refractivity contribution is 5.93. The molecule has 2 heterocycles. The van der Waals surface area contributed by atoms with Crippen molar-refractivity contribution >= 4 is 11.6 Å². The summed E-state index contributed by atoms with van der Waals surface area (Å²) in [6, 6.07) is 7.14. The minimum atomic E-state index is -0.195. The first-order chi connectivity index (χ1) is 11.7. The average Bonchev–Trinajstić information content (AvgIpc) is 2.63. The maximum Gasteiger partial charge on any atom is 0.298 e. The van der Waals surface area contributed by atoms with Crippen LogP contribution in [0.1, 0.15) is 19.8 Å². The Kier molecular flexibility index (Phi) is 5.37. The molecule has 0 unspecified atom stereocenters. The van der Waals surface area contributed by atoms with E-state index < -0.39 is 0 Å². The number of amides is 1. The van der Waals surface area contributed by atoms with Gasteiger partial charge in [-0.1, -0.05) is 5.92 Å². The fourth-order valence-corrected chi connectivity index (χ4v) is 3.62. The second-order valence-electron chi connectivity index (χ2n) is 6.42. The molecule has 24 heavy (non-hydrogen) atoms. The molecule has 0 radical (unpaired) electrons. The van der Waals surface area contributed by atoms with Crippen LogP contribution in [0.3, 0.4) is 0 Å². The van der Waals surface area contributed by atoms with E-state index in [2.05, 4.69) is 21.6 Å². The molecule has 0 N–H and O–H groups in total. The molecule has 0 spiro atoms. The highest BCUT2D eigenvalue weighted by Gasteiger charge is 2.29. The first-order valence-electron chi connectivity index (χ1n) is 8.63. The summed E-state index contributed by atoms with van der Waals surface area (Å²) in [6.07, 6.45) is 2.18. The predicted octanol–water partition coefficient (Wildman–Crippen LogP) is 1.96. The molecule has 2 saturated heterocycles. The standard InChI is InChI=1S/C19H24FN3O/c1-2-4-19(24)23-10-3-5-18(15-23)22-13-11-21(12-14-22)17-8-6-16(20)7-9-17/h6-9,18H,3,5,10-15H2,1H3/t18-/m0/s1. The first kappa shape index (κ1) is 16.8. The zero-order valence-electron chi connectivity index (χ0n) is 14.2. The van der Waals surface area contributed by atoms with Gasteiger partial charge in [0, 0.05) is 51.0 Å². The van der Waals surface area contributed by atoms with Crippen LogP contribution >= 0.6 is 0 Å². The summed E-state index contributed by atoms with van der Waals surface area (Å²) < 4.78 is 13.0. The van der Waals surface area contributed by atoms with Crippen LogP contribution in [-0.2, 0) is 4.79 Å². The molecule has 128 valence electrons. The van der Waals surface area contributed by atoms with E-state index in [1.165, 1.54) is 12.1 Å². The van der Waals surface area contributed by atoms with E-state index in [-0.39, 0.29) is 11.7 Å². The fourth-order valence-electron chi connectivity index (χ4n) is 3.62.